The quantitative estimate of drug-likeness (QED) is 0.683. The van der Waals surface area contributed by atoms with Gasteiger partial charge in [-0.05, 0) is 49.8 Å². The van der Waals surface area contributed by atoms with Crippen molar-refractivity contribution in [1.82, 2.24) is 4.90 Å². The summed E-state index contributed by atoms with van der Waals surface area (Å²) in [5.41, 5.74) is 0.788. The highest BCUT2D eigenvalue weighted by Gasteiger charge is 2.36. The molecule has 20 heavy (non-hydrogen) atoms. The minimum atomic E-state index is 0.196. The second-order valence-corrected chi connectivity index (χ2v) is 7.74. The van der Waals surface area contributed by atoms with E-state index < -0.39 is 0 Å². The first-order valence-electron chi connectivity index (χ1n) is 7.42. The molecular weight excluding hydrogens is 382 g/mol. The van der Waals surface area contributed by atoms with E-state index in [1.165, 1.54) is 32.1 Å². The molecule has 0 bridgehead atoms. The van der Waals surface area contributed by atoms with Gasteiger partial charge in [0.05, 0.1) is 0 Å². The maximum absolute atomic E-state index is 12.8. The molecule has 108 valence electrons. The van der Waals surface area contributed by atoms with Gasteiger partial charge in [-0.25, -0.2) is 0 Å². The zero-order valence-electron chi connectivity index (χ0n) is 11.4. The standard InChI is InChI=1S/C16H19Br2NO/c17-13-8-12(9-14(18)10-13)16(20)19-7-3-6-15(19)11-4-1-2-5-11/h8-11,15H,1-7H2. The number of carbonyl (C=O) groups excluding carboxylic acids is 1. The van der Waals surface area contributed by atoms with Gasteiger partial charge in [0, 0.05) is 27.1 Å². The van der Waals surface area contributed by atoms with Crippen LogP contribution in [0.3, 0.4) is 0 Å². The van der Waals surface area contributed by atoms with Crippen molar-refractivity contribution in [3.05, 3.63) is 32.7 Å². The molecule has 3 rings (SSSR count). The van der Waals surface area contributed by atoms with Gasteiger partial charge in [0.15, 0.2) is 0 Å². The van der Waals surface area contributed by atoms with Gasteiger partial charge in [-0.15, -0.1) is 0 Å². The van der Waals surface area contributed by atoms with E-state index in [2.05, 4.69) is 36.8 Å². The molecule has 1 aliphatic heterocycles. The van der Waals surface area contributed by atoms with Crippen molar-refractivity contribution in [3.8, 4) is 0 Å². The molecule has 1 aromatic rings. The van der Waals surface area contributed by atoms with Gasteiger partial charge in [0.2, 0.25) is 0 Å². The third-order valence-corrected chi connectivity index (χ3v) is 5.53. The van der Waals surface area contributed by atoms with E-state index in [0.717, 1.165) is 33.4 Å². The van der Waals surface area contributed by atoms with E-state index in [4.69, 9.17) is 0 Å². The van der Waals surface area contributed by atoms with Crippen LogP contribution in [0.15, 0.2) is 27.1 Å². The molecule has 0 spiro atoms. The summed E-state index contributed by atoms with van der Waals surface area (Å²) in [5.74, 6) is 0.929. The summed E-state index contributed by atoms with van der Waals surface area (Å²) in [4.78, 5) is 14.9. The number of halogens is 2. The summed E-state index contributed by atoms with van der Waals surface area (Å²) in [6, 6.07) is 6.30. The van der Waals surface area contributed by atoms with Crippen LogP contribution in [-0.4, -0.2) is 23.4 Å². The lowest BCUT2D eigenvalue weighted by atomic mass is 9.95. The van der Waals surface area contributed by atoms with Crippen LogP contribution in [0.25, 0.3) is 0 Å². The van der Waals surface area contributed by atoms with Crippen molar-refractivity contribution in [1.29, 1.82) is 0 Å². The predicted molar refractivity (Wildman–Crippen MR) is 87.9 cm³/mol. The van der Waals surface area contributed by atoms with Crippen molar-refractivity contribution in [2.75, 3.05) is 6.54 Å². The molecule has 1 aromatic carbocycles. The number of carbonyl (C=O) groups is 1. The number of benzene rings is 1. The monoisotopic (exact) mass is 399 g/mol. The van der Waals surface area contributed by atoms with E-state index in [0.29, 0.717) is 6.04 Å². The van der Waals surface area contributed by atoms with Gasteiger partial charge in [-0.3, -0.25) is 4.79 Å². The smallest absolute Gasteiger partial charge is 0.254 e. The average Bonchev–Trinajstić information content (AvgIpc) is 3.07. The topological polar surface area (TPSA) is 20.3 Å². The number of hydrogen-bond donors (Lipinski definition) is 0. The first kappa shape index (κ1) is 14.6. The number of nitrogens with zero attached hydrogens (tertiary/aromatic N) is 1. The van der Waals surface area contributed by atoms with Crippen molar-refractivity contribution < 1.29 is 4.79 Å². The Labute approximate surface area is 137 Å². The Hall–Kier alpha value is -0.350. The van der Waals surface area contributed by atoms with Crippen molar-refractivity contribution in [2.24, 2.45) is 5.92 Å². The summed E-state index contributed by atoms with van der Waals surface area (Å²) in [5, 5.41) is 0. The Morgan fingerprint density at radius 2 is 1.65 bits per heavy atom. The third-order valence-electron chi connectivity index (χ3n) is 4.61. The fourth-order valence-corrected chi connectivity index (χ4v) is 5.01. The van der Waals surface area contributed by atoms with E-state index in [1.54, 1.807) is 0 Å². The first-order chi connectivity index (χ1) is 9.65. The second kappa shape index (κ2) is 6.18. The van der Waals surface area contributed by atoms with Gasteiger partial charge >= 0.3 is 0 Å². The molecule has 0 N–H and O–H groups in total. The maximum atomic E-state index is 12.8. The summed E-state index contributed by atoms with van der Waals surface area (Å²) in [6.45, 7) is 0.921. The minimum absolute atomic E-state index is 0.196. The highest BCUT2D eigenvalue weighted by Crippen LogP contribution is 2.36. The fourth-order valence-electron chi connectivity index (χ4n) is 3.72. The second-order valence-electron chi connectivity index (χ2n) is 5.91. The van der Waals surface area contributed by atoms with Crippen LogP contribution in [0.2, 0.25) is 0 Å². The number of likely N-dealkylation sites (tertiary alicyclic amines) is 1. The van der Waals surface area contributed by atoms with E-state index in [1.807, 2.05) is 18.2 Å². The Morgan fingerprint density at radius 3 is 2.30 bits per heavy atom. The van der Waals surface area contributed by atoms with Gasteiger partial charge in [0.1, 0.15) is 0 Å². The van der Waals surface area contributed by atoms with Crippen LogP contribution in [0, 0.1) is 5.92 Å². The average molecular weight is 401 g/mol. The van der Waals surface area contributed by atoms with E-state index in [9.17, 15) is 4.79 Å². The molecule has 1 heterocycles. The SMILES string of the molecule is O=C(c1cc(Br)cc(Br)c1)N1CCCC1C1CCCC1. The Balaban J connectivity index is 1.81. The lowest BCUT2D eigenvalue weighted by molar-refractivity contribution is 0.0689. The third kappa shape index (κ3) is 2.96. The molecule has 0 aromatic heterocycles. The molecule has 1 aliphatic carbocycles. The van der Waals surface area contributed by atoms with Gasteiger partial charge < -0.3 is 4.90 Å². The lowest BCUT2D eigenvalue weighted by Gasteiger charge is -2.29. The van der Waals surface area contributed by atoms with Crippen molar-refractivity contribution in [3.63, 3.8) is 0 Å². The zero-order valence-corrected chi connectivity index (χ0v) is 14.6. The number of rotatable bonds is 2. The van der Waals surface area contributed by atoms with Crippen LogP contribution in [-0.2, 0) is 0 Å². The fraction of sp³-hybridized carbons (Fsp3) is 0.562. The van der Waals surface area contributed by atoms with Crippen LogP contribution < -0.4 is 0 Å². The van der Waals surface area contributed by atoms with Crippen LogP contribution in [0.1, 0.15) is 48.9 Å². The maximum Gasteiger partial charge on any atom is 0.254 e. The largest absolute Gasteiger partial charge is 0.335 e. The molecule has 2 nitrogen and oxygen atoms in total. The van der Waals surface area contributed by atoms with E-state index >= 15 is 0 Å². The van der Waals surface area contributed by atoms with Crippen LogP contribution >= 0.6 is 31.9 Å². The Kier molecular flexibility index (Phi) is 4.51. The highest BCUT2D eigenvalue weighted by atomic mass is 79.9. The summed E-state index contributed by atoms with van der Waals surface area (Å²) >= 11 is 6.94. The summed E-state index contributed by atoms with van der Waals surface area (Å²) < 4.78 is 1.90. The lowest BCUT2D eigenvalue weighted by Crippen LogP contribution is -2.39. The first-order valence-corrected chi connectivity index (χ1v) is 9.01. The minimum Gasteiger partial charge on any atom is -0.335 e. The summed E-state index contributed by atoms with van der Waals surface area (Å²) in [7, 11) is 0. The molecule has 0 radical (unpaired) electrons. The Bertz CT molecular complexity index is 491. The number of hydrogen-bond acceptors (Lipinski definition) is 1. The molecule has 1 amide bonds. The van der Waals surface area contributed by atoms with Crippen molar-refractivity contribution in [2.45, 2.75) is 44.6 Å². The molecule has 2 fully saturated rings. The molecular formula is C16H19Br2NO. The predicted octanol–water partition coefficient (Wildman–Crippen LogP) is 5.01. The normalized spacial score (nSPS) is 23.5. The number of amides is 1. The van der Waals surface area contributed by atoms with Gasteiger partial charge in [-0.2, -0.15) is 0 Å². The van der Waals surface area contributed by atoms with E-state index in [-0.39, 0.29) is 5.91 Å². The highest BCUT2D eigenvalue weighted by molar-refractivity contribution is 9.11. The van der Waals surface area contributed by atoms with Crippen LogP contribution in [0.5, 0.6) is 0 Å². The zero-order chi connectivity index (χ0) is 14.1. The van der Waals surface area contributed by atoms with Gasteiger partial charge in [-0.1, -0.05) is 44.7 Å². The summed E-state index contributed by atoms with van der Waals surface area (Å²) in [6.07, 6.45) is 7.62. The molecule has 1 saturated heterocycles. The molecule has 4 heteroatoms. The van der Waals surface area contributed by atoms with Crippen LogP contribution in [0.4, 0.5) is 0 Å². The molecule has 2 aliphatic rings. The molecule has 1 atom stereocenters. The van der Waals surface area contributed by atoms with Crippen molar-refractivity contribution >= 4 is 37.8 Å². The molecule has 1 saturated carbocycles. The molecule has 1 unspecified atom stereocenters. The van der Waals surface area contributed by atoms with Gasteiger partial charge in [0.25, 0.3) is 5.91 Å². The Morgan fingerprint density at radius 1 is 1.00 bits per heavy atom.